The molecule has 1 saturated carbocycles. The molecule has 0 saturated heterocycles. The minimum absolute atomic E-state index is 0.343. The Morgan fingerprint density at radius 1 is 1.14 bits per heavy atom. The zero-order chi connectivity index (χ0) is 15.0. The molecule has 1 aliphatic rings. The van der Waals surface area contributed by atoms with E-state index in [-0.39, 0.29) is 0 Å². The monoisotopic (exact) mass is 324 g/mol. The van der Waals surface area contributed by atoms with Crippen molar-refractivity contribution in [2.75, 3.05) is 0 Å². The van der Waals surface area contributed by atoms with E-state index >= 15 is 0 Å². The summed E-state index contributed by atoms with van der Waals surface area (Å²) in [5.41, 5.74) is 0.205. The zero-order valence-electron chi connectivity index (χ0n) is 11.1. The van der Waals surface area contributed by atoms with Crippen molar-refractivity contribution in [2.45, 2.75) is 30.5 Å². The first-order chi connectivity index (χ1) is 10.0. The van der Waals surface area contributed by atoms with Crippen LogP contribution in [0, 0.1) is 0 Å². The third-order valence-corrected chi connectivity index (χ3v) is 4.79. The smallest absolute Gasteiger partial charge is 0.157 e. The molecule has 4 nitrogen and oxygen atoms in total. The number of rotatable bonds is 3. The molecule has 2 aromatic rings. The molecule has 0 amide bonds. The number of aliphatic hydroxyl groups excluding tert-OH is 2. The second-order valence-corrected chi connectivity index (χ2v) is 6.17. The van der Waals surface area contributed by atoms with E-state index in [1.165, 1.54) is 0 Å². The van der Waals surface area contributed by atoms with Gasteiger partial charge >= 0.3 is 0 Å². The van der Waals surface area contributed by atoms with Gasteiger partial charge in [-0.1, -0.05) is 29.3 Å². The Morgan fingerprint density at radius 2 is 1.81 bits per heavy atom. The number of aliphatic hydroxyl groups is 2. The fourth-order valence-electron chi connectivity index (χ4n) is 2.90. The summed E-state index contributed by atoms with van der Waals surface area (Å²) < 4.78 is 0. The van der Waals surface area contributed by atoms with E-state index in [1.807, 2.05) is 6.07 Å². The SMILES string of the molecule is OC1CC(c2ccc(Cl)c(Cl)c2)([C@@H](O)c2ncccn2)C1. The average molecular weight is 325 g/mol. The molecule has 2 N–H and O–H groups in total. The molecule has 0 aliphatic heterocycles. The third-order valence-electron chi connectivity index (χ3n) is 4.05. The maximum Gasteiger partial charge on any atom is 0.157 e. The molecule has 0 radical (unpaired) electrons. The van der Waals surface area contributed by atoms with Crippen LogP contribution in [0.3, 0.4) is 0 Å². The molecule has 1 aromatic heterocycles. The van der Waals surface area contributed by atoms with Gasteiger partial charge in [-0.05, 0) is 36.6 Å². The molecule has 0 unspecified atom stereocenters. The summed E-state index contributed by atoms with van der Waals surface area (Å²) in [5, 5.41) is 21.3. The topological polar surface area (TPSA) is 66.2 Å². The minimum Gasteiger partial charge on any atom is -0.393 e. The van der Waals surface area contributed by atoms with Crippen LogP contribution in [0.1, 0.15) is 30.3 Å². The Hall–Kier alpha value is -1.20. The number of halogens is 2. The third kappa shape index (κ3) is 2.53. The first-order valence-electron chi connectivity index (χ1n) is 6.61. The van der Waals surface area contributed by atoms with E-state index in [1.54, 1.807) is 30.6 Å². The summed E-state index contributed by atoms with van der Waals surface area (Å²) in [5.74, 6) is 0.343. The molecule has 21 heavy (non-hydrogen) atoms. The summed E-state index contributed by atoms with van der Waals surface area (Å²) in [6, 6.07) is 6.95. The van der Waals surface area contributed by atoms with Crippen molar-refractivity contribution in [1.29, 1.82) is 0 Å². The van der Waals surface area contributed by atoms with Crippen LogP contribution in [0.15, 0.2) is 36.7 Å². The van der Waals surface area contributed by atoms with Gasteiger partial charge in [0.2, 0.25) is 0 Å². The lowest BCUT2D eigenvalue weighted by atomic mass is 9.59. The highest BCUT2D eigenvalue weighted by atomic mass is 35.5. The molecule has 6 heteroatoms. The Balaban J connectivity index is 2.02. The minimum atomic E-state index is -0.903. The highest BCUT2D eigenvalue weighted by molar-refractivity contribution is 6.42. The quantitative estimate of drug-likeness (QED) is 0.911. The van der Waals surface area contributed by atoms with Crippen molar-refractivity contribution in [3.63, 3.8) is 0 Å². The molecule has 1 heterocycles. The van der Waals surface area contributed by atoms with Crippen LogP contribution in [0.25, 0.3) is 0 Å². The fraction of sp³-hybridized carbons (Fsp3) is 0.333. The Labute approximate surface area is 132 Å². The van der Waals surface area contributed by atoms with E-state index in [2.05, 4.69) is 9.97 Å². The van der Waals surface area contributed by atoms with Crippen LogP contribution in [0.5, 0.6) is 0 Å². The molecule has 1 aromatic carbocycles. The molecule has 1 fully saturated rings. The summed E-state index contributed by atoms with van der Waals surface area (Å²) in [4.78, 5) is 8.23. The van der Waals surface area contributed by atoms with Crippen molar-refractivity contribution >= 4 is 23.2 Å². The normalized spacial score (nSPS) is 26.2. The van der Waals surface area contributed by atoms with Crippen molar-refractivity contribution < 1.29 is 10.2 Å². The molecule has 110 valence electrons. The summed E-state index contributed by atoms with van der Waals surface area (Å²) in [6.45, 7) is 0. The largest absolute Gasteiger partial charge is 0.393 e. The molecule has 1 atom stereocenters. The zero-order valence-corrected chi connectivity index (χ0v) is 12.6. The first kappa shape index (κ1) is 14.7. The second-order valence-electron chi connectivity index (χ2n) is 5.36. The maximum atomic E-state index is 10.7. The fourth-order valence-corrected chi connectivity index (χ4v) is 3.20. The highest BCUT2D eigenvalue weighted by Crippen LogP contribution is 2.52. The summed E-state index contributed by atoms with van der Waals surface area (Å²) in [7, 11) is 0. The molecule has 3 rings (SSSR count). The van der Waals surface area contributed by atoms with Gasteiger partial charge in [0.15, 0.2) is 5.82 Å². The number of nitrogens with zero attached hydrogens (tertiary/aromatic N) is 2. The molecule has 0 bridgehead atoms. The van der Waals surface area contributed by atoms with Gasteiger partial charge in [-0.2, -0.15) is 0 Å². The second kappa shape index (κ2) is 5.54. The summed E-state index contributed by atoms with van der Waals surface area (Å²) >= 11 is 12.0. The Bertz CT molecular complexity index is 645. The van der Waals surface area contributed by atoms with Gasteiger partial charge < -0.3 is 10.2 Å². The van der Waals surface area contributed by atoms with E-state index in [4.69, 9.17) is 23.2 Å². The first-order valence-corrected chi connectivity index (χ1v) is 7.37. The predicted octanol–water partition coefficient (Wildman–Crippen LogP) is 2.91. The van der Waals surface area contributed by atoms with Gasteiger partial charge in [-0.3, -0.25) is 0 Å². The van der Waals surface area contributed by atoms with Crippen LogP contribution < -0.4 is 0 Å². The van der Waals surface area contributed by atoms with Gasteiger partial charge in [0.1, 0.15) is 6.10 Å². The van der Waals surface area contributed by atoms with E-state index in [0.29, 0.717) is 28.7 Å². The van der Waals surface area contributed by atoms with Crippen molar-refractivity contribution in [3.8, 4) is 0 Å². The standard InChI is InChI=1S/C15H14Cl2N2O2/c16-11-3-2-9(6-12(11)17)15(7-10(20)8-15)13(21)14-18-4-1-5-19-14/h1-6,10,13,20-21H,7-8H2/t10?,13-,15?/m0/s1. The lowest BCUT2D eigenvalue weighted by molar-refractivity contribution is -0.0607. The van der Waals surface area contributed by atoms with Gasteiger partial charge in [0.05, 0.1) is 16.1 Å². The average Bonchev–Trinajstić information content (AvgIpc) is 2.47. The number of aromatic nitrogens is 2. The lowest BCUT2D eigenvalue weighted by Gasteiger charge is -2.48. The van der Waals surface area contributed by atoms with Crippen LogP contribution in [0.2, 0.25) is 10.0 Å². The predicted molar refractivity (Wildman–Crippen MR) is 80.4 cm³/mol. The van der Waals surface area contributed by atoms with Crippen LogP contribution in [-0.4, -0.2) is 26.3 Å². The van der Waals surface area contributed by atoms with Crippen LogP contribution >= 0.6 is 23.2 Å². The molecular weight excluding hydrogens is 311 g/mol. The van der Waals surface area contributed by atoms with Gasteiger partial charge in [-0.25, -0.2) is 9.97 Å². The van der Waals surface area contributed by atoms with E-state index in [9.17, 15) is 10.2 Å². The number of benzene rings is 1. The van der Waals surface area contributed by atoms with Crippen LogP contribution in [-0.2, 0) is 5.41 Å². The Kier molecular flexibility index (Phi) is 3.88. The Morgan fingerprint density at radius 3 is 2.38 bits per heavy atom. The van der Waals surface area contributed by atoms with E-state index < -0.39 is 17.6 Å². The van der Waals surface area contributed by atoms with E-state index in [0.717, 1.165) is 5.56 Å². The van der Waals surface area contributed by atoms with Gasteiger partial charge in [0.25, 0.3) is 0 Å². The summed E-state index contributed by atoms with van der Waals surface area (Å²) in [6.07, 6.45) is 2.69. The van der Waals surface area contributed by atoms with Gasteiger partial charge in [-0.15, -0.1) is 0 Å². The van der Waals surface area contributed by atoms with Crippen molar-refractivity contribution in [1.82, 2.24) is 9.97 Å². The molecular formula is C15H14Cl2N2O2. The molecule has 0 spiro atoms. The van der Waals surface area contributed by atoms with Crippen molar-refractivity contribution in [3.05, 3.63) is 58.1 Å². The number of hydrogen-bond donors (Lipinski definition) is 2. The molecule has 1 aliphatic carbocycles. The van der Waals surface area contributed by atoms with Gasteiger partial charge in [0, 0.05) is 17.8 Å². The highest BCUT2D eigenvalue weighted by Gasteiger charge is 2.51. The number of hydrogen-bond acceptors (Lipinski definition) is 4. The van der Waals surface area contributed by atoms with Crippen molar-refractivity contribution in [2.24, 2.45) is 0 Å². The maximum absolute atomic E-state index is 10.7. The lowest BCUT2D eigenvalue weighted by Crippen LogP contribution is -2.49. The van der Waals surface area contributed by atoms with Crippen LogP contribution in [0.4, 0.5) is 0 Å².